The molecule has 1 aromatic carbocycles. The van der Waals surface area contributed by atoms with Gasteiger partial charge in [-0.3, -0.25) is 34.1 Å². The maximum absolute atomic E-state index is 14.6. The average molecular weight is 975 g/mol. The third kappa shape index (κ3) is 9.93. The van der Waals surface area contributed by atoms with Gasteiger partial charge in [-0.1, -0.05) is 51.9 Å². The van der Waals surface area contributed by atoms with Crippen molar-refractivity contribution in [1.29, 1.82) is 0 Å². The van der Waals surface area contributed by atoms with E-state index in [0.717, 1.165) is 0 Å². The van der Waals surface area contributed by atoms with Crippen LogP contribution in [0.4, 0.5) is 13.2 Å². The molecule has 4 atom stereocenters. The molecule has 2 fully saturated rings. The van der Waals surface area contributed by atoms with Crippen molar-refractivity contribution in [3.05, 3.63) is 58.2 Å². The van der Waals surface area contributed by atoms with E-state index in [1.54, 1.807) is 35.4 Å². The molecule has 14 nitrogen and oxygen atoms in total. The fraction of sp³-hybridized carbons (Fsp3) is 0.531. The topological polar surface area (TPSA) is 151 Å². The summed E-state index contributed by atoms with van der Waals surface area (Å²) in [7, 11) is 3.79. The molecule has 0 saturated carbocycles. The number of nitrogens with zero attached hydrogens (tertiary/aromatic N) is 6. The lowest BCUT2D eigenvalue weighted by atomic mass is 9.68. The predicted octanol–water partition coefficient (Wildman–Crippen LogP) is 6.15. The van der Waals surface area contributed by atoms with E-state index in [9.17, 15) is 32.3 Å². The van der Waals surface area contributed by atoms with Gasteiger partial charge < -0.3 is 24.3 Å². The third-order valence-electron chi connectivity index (χ3n) is 13.6. The number of hydrazine groups is 1. The number of nitrogens with one attached hydrogen (secondary N) is 2. The van der Waals surface area contributed by atoms with E-state index in [1.807, 2.05) is 72.0 Å². The van der Waals surface area contributed by atoms with E-state index >= 15 is 0 Å². The molecule has 2 saturated heterocycles. The van der Waals surface area contributed by atoms with Crippen molar-refractivity contribution >= 4 is 63.0 Å². The van der Waals surface area contributed by atoms with Crippen LogP contribution in [-0.4, -0.2) is 135 Å². The van der Waals surface area contributed by atoms with E-state index in [-0.39, 0.29) is 44.1 Å². The van der Waals surface area contributed by atoms with Gasteiger partial charge in [0.2, 0.25) is 5.91 Å². The summed E-state index contributed by atoms with van der Waals surface area (Å²) in [6.07, 6.45) is -2.45. The Morgan fingerprint density at radius 2 is 1.91 bits per heavy atom. The lowest BCUT2D eigenvalue weighted by Crippen LogP contribution is -2.61. The molecule has 8 rings (SSSR count). The van der Waals surface area contributed by atoms with Gasteiger partial charge in [0.05, 0.1) is 52.9 Å². The second kappa shape index (κ2) is 18.9. The number of hydrogen-bond donors (Lipinski definition) is 2. The number of benzene rings is 1. The Morgan fingerprint density at radius 1 is 1.16 bits per heavy atom. The molecular formula is C49H57F3N8O6S2. The summed E-state index contributed by atoms with van der Waals surface area (Å²) in [6, 6.07) is 6.62. The van der Waals surface area contributed by atoms with Crippen LogP contribution in [0.1, 0.15) is 76.6 Å². The summed E-state index contributed by atoms with van der Waals surface area (Å²) in [5.41, 5.74) is 4.99. The van der Waals surface area contributed by atoms with Gasteiger partial charge in [-0.25, -0.2) is 10.4 Å². The number of rotatable bonds is 8. The van der Waals surface area contributed by atoms with Crippen molar-refractivity contribution < 1.29 is 41.8 Å². The number of amides is 3. The third-order valence-corrected chi connectivity index (χ3v) is 14.9. The van der Waals surface area contributed by atoms with Crippen LogP contribution in [0.5, 0.6) is 0 Å². The fourth-order valence-corrected chi connectivity index (χ4v) is 10.6. The molecule has 4 aromatic rings. The molecule has 3 aromatic heterocycles. The van der Waals surface area contributed by atoms with Crippen molar-refractivity contribution in [3.8, 4) is 34.4 Å². The van der Waals surface area contributed by atoms with Gasteiger partial charge in [0.25, 0.3) is 11.8 Å². The Hall–Kier alpha value is -5.26. The number of fused-ring (bicyclic) bond motifs is 8. The molecule has 3 aliphatic heterocycles. The Bertz CT molecular complexity index is 2710. The van der Waals surface area contributed by atoms with Gasteiger partial charge in [-0.2, -0.15) is 13.2 Å². The molecule has 1 unspecified atom stereocenters. The lowest BCUT2D eigenvalue weighted by molar-refractivity contribution is -0.156. The quantitative estimate of drug-likeness (QED) is 0.119. The summed E-state index contributed by atoms with van der Waals surface area (Å²) < 4.78 is 57.0. The Labute approximate surface area is 403 Å². The molecular weight excluding hydrogens is 918 g/mol. The highest BCUT2D eigenvalue weighted by atomic mass is 32.1. The van der Waals surface area contributed by atoms with E-state index < -0.39 is 65.4 Å². The minimum atomic E-state index is -4.57. The van der Waals surface area contributed by atoms with Crippen LogP contribution < -0.4 is 10.7 Å². The van der Waals surface area contributed by atoms with Crippen molar-refractivity contribution in [2.75, 3.05) is 46.9 Å². The molecule has 4 aliphatic rings. The minimum Gasteiger partial charge on any atom is -0.464 e. The maximum atomic E-state index is 14.6. The minimum absolute atomic E-state index is 0.00743. The second-order valence-electron chi connectivity index (χ2n) is 19.9. The van der Waals surface area contributed by atoms with E-state index in [2.05, 4.69) is 27.6 Å². The number of carbonyl (C=O) groups excluding carboxylic acids is 4. The molecule has 6 bridgehead atoms. The number of halogens is 3. The van der Waals surface area contributed by atoms with Gasteiger partial charge in [-0.15, -0.1) is 11.3 Å². The number of thiocarbonyl (C=S) groups is 1. The molecule has 2 N–H and O–H groups in total. The molecule has 0 spiro atoms. The Morgan fingerprint density at radius 3 is 2.62 bits per heavy atom. The fourth-order valence-electron chi connectivity index (χ4n) is 9.12. The Kier molecular flexibility index (Phi) is 13.7. The van der Waals surface area contributed by atoms with Gasteiger partial charge >= 0.3 is 12.1 Å². The van der Waals surface area contributed by atoms with Gasteiger partial charge in [0.15, 0.2) is 0 Å². The molecule has 6 heterocycles. The first kappa shape index (κ1) is 49.2. The van der Waals surface area contributed by atoms with Gasteiger partial charge in [0, 0.05) is 75.9 Å². The number of aromatic nitrogens is 3. The Balaban J connectivity index is 1.11. The average Bonchev–Trinajstić information content (AvgIpc) is 3.86. The molecule has 19 heteroatoms. The van der Waals surface area contributed by atoms with Crippen molar-refractivity contribution in [3.63, 3.8) is 0 Å². The molecule has 68 heavy (non-hydrogen) atoms. The van der Waals surface area contributed by atoms with Crippen LogP contribution in [0.25, 0.3) is 33.4 Å². The number of pyridine rings is 1. The predicted molar refractivity (Wildman–Crippen MR) is 255 cm³/mol. The first-order valence-electron chi connectivity index (χ1n) is 22.9. The zero-order chi connectivity index (χ0) is 49.0. The van der Waals surface area contributed by atoms with Crippen LogP contribution in [0, 0.1) is 29.1 Å². The highest BCUT2D eigenvalue weighted by Gasteiger charge is 2.46. The summed E-state index contributed by atoms with van der Waals surface area (Å²) in [6.45, 7) is 11.0. The van der Waals surface area contributed by atoms with Crippen molar-refractivity contribution in [2.45, 2.75) is 103 Å². The summed E-state index contributed by atoms with van der Waals surface area (Å²) in [4.78, 5) is 69.0. The number of hydrogen-bond acceptors (Lipinski definition) is 12. The SMILES string of the molecule is CC(C)[C@H](COC1CN(C(=O)C#CC(C)(C)N(C)C)C1)C(=O)N[C@H]1Cc2nc(cs2)-c2ccc3c(c2)c2c(n3CC(F)(F)F)-c3cccnc3C(=S)C2C(C)(C)COC(=O)[C@@H]2CCCN(N2)C1=O. The van der Waals surface area contributed by atoms with Gasteiger partial charge in [0.1, 0.15) is 18.6 Å². The number of thiazole rings is 1. The standard InChI is InChI=1S/C49H57F3N8O6S2/c1-27(2)32(23-65-29-21-58(22-29)38(61)15-16-48(5,6)57(7)8)44(62)55-34-20-37-54-35(24-68-37)28-13-14-36-31(19-28)39-40(47(3,4)26-66-46(64)33-12-10-18-60(56-33)45(34)63)43(67)41-30(11-9-17-53-41)42(39)59(36)25-49(50,51)52/h9,11,13-14,17,19,24,27,29,32-34,40,56H,10,12,18,20-23,25-26H2,1-8H3,(H,55,62)/t32-,33-,34-,40?/m0/s1. The van der Waals surface area contributed by atoms with Crippen LogP contribution in [0.15, 0.2) is 41.9 Å². The zero-order valence-electron chi connectivity index (χ0n) is 39.5. The monoisotopic (exact) mass is 974 g/mol. The number of likely N-dealkylation sites (tertiary alicyclic amines) is 1. The number of cyclic esters (lactones) is 1. The van der Waals surface area contributed by atoms with Crippen molar-refractivity contribution in [2.24, 2.45) is 17.3 Å². The number of carbonyl (C=O) groups is 4. The zero-order valence-corrected chi connectivity index (χ0v) is 41.1. The lowest BCUT2D eigenvalue weighted by Gasteiger charge is -2.39. The van der Waals surface area contributed by atoms with Crippen LogP contribution in [0.3, 0.4) is 0 Å². The second-order valence-corrected chi connectivity index (χ2v) is 21.3. The first-order chi connectivity index (χ1) is 32.0. The van der Waals surface area contributed by atoms with Crippen LogP contribution in [-0.2, 0) is 41.6 Å². The summed E-state index contributed by atoms with van der Waals surface area (Å²) in [5.74, 6) is 2.44. The van der Waals surface area contributed by atoms with Crippen LogP contribution in [0.2, 0.25) is 0 Å². The number of esters is 1. The van der Waals surface area contributed by atoms with E-state index in [4.69, 9.17) is 26.7 Å². The molecule has 1 aliphatic carbocycles. The summed E-state index contributed by atoms with van der Waals surface area (Å²) in [5, 5.41) is 7.26. The van der Waals surface area contributed by atoms with E-state index in [0.29, 0.717) is 80.5 Å². The number of alkyl halides is 3. The maximum Gasteiger partial charge on any atom is 0.406 e. The number of ether oxygens (including phenoxy) is 2. The van der Waals surface area contributed by atoms with E-state index in [1.165, 1.54) is 20.9 Å². The molecule has 0 radical (unpaired) electrons. The van der Waals surface area contributed by atoms with Crippen LogP contribution >= 0.6 is 23.6 Å². The first-order valence-corrected chi connectivity index (χ1v) is 24.1. The smallest absolute Gasteiger partial charge is 0.406 e. The van der Waals surface area contributed by atoms with Crippen molar-refractivity contribution in [1.82, 2.24) is 40.1 Å². The van der Waals surface area contributed by atoms with Gasteiger partial charge in [-0.05, 0) is 82.5 Å². The molecule has 3 amide bonds. The highest BCUT2D eigenvalue weighted by molar-refractivity contribution is 7.81. The molecule has 362 valence electrons. The largest absolute Gasteiger partial charge is 0.464 e. The normalized spacial score (nSPS) is 21.4. The highest BCUT2D eigenvalue weighted by Crippen LogP contribution is 2.52. The summed E-state index contributed by atoms with van der Waals surface area (Å²) >= 11 is 7.45.